The second-order valence-corrected chi connectivity index (χ2v) is 6.22. The number of imidazole rings is 1. The van der Waals surface area contributed by atoms with E-state index in [1.807, 2.05) is 12.5 Å². The summed E-state index contributed by atoms with van der Waals surface area (Å²) in [6.45, 7) is 5.32. The van der Waals surface area contributed by atoms with E-state index in [0.29, 0.717) is 17.7 Å². The molecule has 1 aliphatic heterocycles. The third kappa shape index (κ3) is 2.66. The highest BCUT2D eigenvalue weighted by molar-refractivity contribution is 5.83. The molecule has 0 aromatic carbocycles. The van der Waals surface area contributed by atoms with Crippen LogP contribution in [0.2, 0.25) is 0 Å². The molecule has 0 radical (unpaired) electrons. The van der Waals surface area contributed by atoms with Gasteiger partial charge in [-0.15, -0.1) is 0 Å². The van der Waals surface area contributed by atoms with Crippen molar-refractivity contribution < 1.29 is 4.79 Å². The Morgan fingerprint density at radius 1 is 1.35 bits per heavy atom. The van der Waals surface area contributed by atoms with Crippen LogP contribution in [0.1, 0.15) is 51.1 Å². The van der Waals surface area contributed by atoms with E-state index in [1.165, 1.54) is 18.5 Å². The summed E-state index contributed by atoms with van der Waals surface area (Å²) in [6.07, 6.45) is 10.5. The molecule has 1 aliphatic carbocycles. The molecule has 0 bridgehead atoms. The van der Waals surface area contributed by atoms with Crippen LogP contribution in [0.3, 0.4) is 0 Å². The predicted octanol–water partition coefficient (Wildman–Crippen LogP) is 2.63. The molecular formula is C16H25N3O. The standard InChI is InChI=1S/C16H25N3O/c1-2-8-19-12-17-10-13(19)11-18-9-4-6-15(18)14-5-3-7-16(14)20/h10,12,14-15H,2-9,11H2,1H3. The van der Waals surface area contributed by atoms with Gasteiger partial charge >= 0.3 is 0 Å². The topological polar surface area (TPSA) is 38.1 Å². The van der Waals surface area contributed by atoms with Gasteiger partial charge in [0.1, 0.15) is 5.78 Å². The van der Waals surface area contributed by atoms with Crippen LogP contribution in [0.4, 0.5) is 0 Å². The van der Waals surface area contributed by atoms with Gasteiger partial charge in [-0.05, 0) is 38.6 Å². The van der Waals surface area contributed by atoms with E-state index >= 15 is 0 Å². The number of hydrogen-bond donors (Lipinski definition) is 0. The maximum Gasteiger partial charge on any atom is 0.137 e. The lowest BCUT2D eigenvalue weighted by Crippen LogP contribution is -2.37. The van der Waals surface area contributed by atoms with Crippen molar-refractivity contribution in [2.45, 2.75) is 64.6 Å². The Morgan fingerprint density at radius 3 is 3.00 bits per heavy atom. The summed E-state index contributed by atoms with van der Waals surface area (Å²) >= 11 is 0. The molecule has 2 atom stereocenters. The van der Waals surface area contributed by atoms with Gasteiger partial charge in [0.05, 0.1) is 12.0 Å². The van der Waals surface area contributed by atoms with E-state index in [4.69, 9.17) is 0 Å². The van der Waals surface area contributed by atoms with Crippen molar-refractivity contribution >= 4 is 5.78 Å². The maximum absolute atomic E-state index is 12.0. The van der Waals surface area contributed by atoms with Gasteiger partial charge in [0.15, 0.2) is 0 Å². The van der Waals surface area contributed by atoms with Gasteiger partial charge in [0.2, 0.25) is 0 Å². The smallest absolute Gasteiger partial charge is 0.137 e. The molecular weight excluding hydrogens is 250 g/mol. The quantitative estimate of drug-likeness (QED) is 0.829. The first-order chi connectivity index (χ1) is 9.79. The molecule has 1 saturated heterocycles. The summed E-state index contributed by atoms with van der Waals surface area (Å²) in [5.41, 5.74) is 1.30. The molecule has 4 nitrogen and oxygen atoms in total. The van der Waals surface area contributed by atoms with Crippen molar-refractivity contribution in [1.29, 1.82) is 0 Å². The van der Waals surface area contributed by atoms with Crippen molar-refractivity contribution in [2.75, 3.05) is 6.54 Å². The third-order valence-corrected chi connectivity index (χ3v) is 4.86. The van der Waals surface area contributed by atoms with E-state index in [-0.39, 0.29) is 0 Å². The normalized spacial score (nSPS) is 27.6. The van der Waals surface area contributed by atoms with Crippen LogP contribution in [-0.2, 0) is 17.9 Å². The van der Waals surface area contributed by atoms with Gasteiger partial charge in [-0.1, -0.05) is 6.92 Å². The number of carbonyl (C=O) groups is 1. The molecule has 1 aromatic heterocycles. The Balaban J connectivity index is 1.69. The minimum Gasteiger partial charge on any atom is -0.333 e. The summed E-state index contributed by atoms with van der Waals surface area (Å²) in [5, 5.41) is 0. The molecule has 2 unspecified atom stereocenters. The zero-order valence-electron chi connectivity index (χ0n) is 12.4. The number of hydrogen-bond acceptors (Lipinski definition) is 3. The summed E-state index contributed by atoms with van der Waals surface area (Å²) in [7, 11) is 0. The molecule has 0 spiro atoms. The third-order valence-electron chi connectivity index (χ3n) is 4.86. The van der Waals surface area contributed by atoms with Crippen LogP contribution in [0.5, 0.6) is 0 Å². The maximum atomic E-state index is 12.0. The van der Waals surface area contributed by atoms with Crippen LogP contribution in [-0.4, -0.2) is 32.8 Å². The van der Waals surface area contributed by atoms with Crippen molar-refractivity contribution in [3.8, 4) is 0 Å². The first-order valence-corrected chi connectivity index (χ1v) is 8.05. The van der Waals surface area contributed by atoms with Gasteiger partial charge < -0.3 is 4.57 Å². The second kappa shape index (κ2) is 6.08. The van der Waals surface area contributed by atoms with Crippen molar-refractivity contribution in [1.82, 2.24) is 14.5 Å². The predicted molar refractivity (Wildman–Crippen MR) is 78.3 cm³/mol. The molecule has 1 aromatic rings. The summed E-state index contributed by atoms with van der Waals surface area (Å²) in [5.74, 6) is 0.809. The molecule has 2 fully saturated rings. The second-order valence-electron chi connectivity index (χ2n) is 6.22. The zero-order chi connectivity index (χ0) is 13.9. The largest absolute Gasteiger partial charge is 0.333 e. The number of nitrogens with zero attached hydrogens (tertiary/aromatic N) is 3. The monoisotopic (exact) mass is 275 g/mol. The Morgan fingerprint density at radius 2 is 2.25 bits per heavy atom. The Hall–Kier alpha value is -1.16. The number of Topliss-reactive ketones (excluding diaryl/α,β-unsaturated/α-hetero) is 1. The van der Waals surface area contributed by atoms with Crippen LogP contribution in [0.15, 0.2) is 12.5 Å². The molecule has 0 N–H and O–H groups in total. The molecule has 4 heteroatoms. The molecule has 2 aliphatic rings. The molecule has 1 saturated carbocycles. The Bertz CT molecular complexity index is 468. The van der Waals surface area contributed by atoms with Gasteiger partial charge in [-0.25, -0.2) is 4.98 Å². The van der Waals surface area contributed by atoms with Gasteiger partial charge in [0, 0.05) is 37.7 Å². The number of aryl methyl sites for hydroxylation is 1. The first kappa shape index (κ1) is 13.8. The van der Waals surface area contributed by atoms with Crippen molar-refractivity contribution in [3.63, 3.8) is 0 Å². The highest BCUT2D eigenvalue weighted by atomic mass is 16.1. The van der Waals surface area contributed by atoms with Crippen LogP contribution < -0.4 is 0 Å². The minimum absolute atomic E-state index is 0.306. The molecule has 3 rings (SSSR count). The van der Waals surface area contributed by atoms with Crippen molar-refractivity contribution in [3.05, 3.63) is 18.2 Å². The number of aromatic nitrogens is 2. The van der Waals surface area contributed by atoms with Gasteiger partial charge in [0.25, 0.3) is 0 Å². The van der Waals surface area contributed by atoms with Crippen molar-refractivity contribution in [2.24, 2.45) is 5.92 Å². The van der Waals surface area contributed by atoms with E-state index in [9.17, 15) is 4.79 Å². The SMILES string of the molecule is CCCn1cncc1CN1CCCC1C1CCCC1=O. The lowest BCUT2D eigenvalue weighted by atomic mass is 9.95. The molecule has 2 heterocycles. The fraction of sp³-hybridized carbons (Fsp3) is 0.750. The van der Waals surface area contributed by atoms with E-state index in [1.54, 1.807) is 0 Å². The number of likely N-dealkylation sites (tertiary alicyclic amines) is 1. The average molecular weight is 275 g/mol. The highest BCUT2D eigenvalue weighted by Gasteiger charge is 2.38. The lowest BCUT2D eigenvalue weighted by molar-refractivity contribution is -0.122. The molecule has 20 heavy (non-hydrogen) atoms. The van der Waals surface area contributed by atoms with E-state index in [0.717, 1.165) is 45.3 Å². The fourth-order valence-corrected chi connectivity index (χ4v) is 3.88. The van der Waals surface area contributed by atoms with E-state index < -0.39 is 0 Å². The van der Waals surface area contributed by atoms with Gasteiger partial charge in [-0.2, -0.15) is 0 Å². The van der Waals surface area contributed by atoms with Crippen LogP contribution >= 0.6 is 0 Å². The molecule has 0 amide bonds. The molecule has 110 valence electrons. The number of rotatable bonds is 5. The number of carbonyl (C=O) groups excluding carboxylic acids is 1. The summed E-state index contributed by atoms with van der Waals surface area (Å²) in [6, 6.07) is 0.481. The zero-order valence-corrected chi connectivity index (χ0v) is 12.4. The average Bonchev–Trinajstić information content (AvgIpc) is 3.13. The summed E-state index contributed by atoms with van der Waals surface area (Å²) < 4.78 is 2.26. The van der Waals surface area contributed by atoms with Crippen LogP contribution in [0, 0.1) is 5.92 Å². The minimum atomic E-state index is 0.306. The van der Waals surface area contributed by atoms with E-state index in [2.05, 4.69) is 21.4 Å². The summed E-state index contributed by atoms with van der Waals surface area (Å²) in [4.78, 5) is 18.8. The number of ketones is 1. The Kier molecular flexibility index (Phi) is 4.20. The lowest BCUT2D eigenvalue weighted by Gasteiger charge is -2.28. The fourth-order valence-electron chi connectivity index (χ4n) is 3.88. The highest BCUT2D eigenvalue weighted by Crippen LogP contribution is 2.34. The van der Waals surface area contributed by atoms with Crippen LogP contribution in [0.25, 0.3) is 0 Å². The van der Waals surface area contributed by atoms with Gasteiger partial charge in [-0.3, -0.25) is 9.69 Å². The first-order valence-electron chi connectivity index (χ1n) is 8.05. The Labute approximate surface area is 121 Å².